The zero-order chi connectivity index (χ0) is 17.9. The minimum atomic E-state index is 0. The first kappa shape index (κ1) is 23.2. The van der Waals surface area contributed by atoms with Crippen molar-refractivity contribution >= 4 is 29.9 Å². The maximum atomic E-state index is 5.40. The second-order valence-electron chi connectivity index (χ2n) is 6.51. The van der Waals surface area contributed by atoms with Crippen LogP contribution in [-0.4, -0.2) is 56.8 Å². The van der Waals surface area contributed by atoms with Gasteiger partial charge >= 0.3 is 0 Å². The SMILES string of the molecule is CCNC(=NCC(c1ccc(C)cc1)N1CCCC1)NCCOCC.I. The molecule has 0 amide bonds. The van der Waals surface area contributed by atoms with Crippen molar-refractivity contribution in [2.75, 3.05) is 45.9 Å². The van der Waals surface area contributed by atoms with Crippen molar-refractivity contribution < 1.29 is 4.74 Å². The van der Waals surface area contributed by atoms with Gasteiger partial charge in [0.1, 0.15) is 0 Å². The molecule has 5 nitrogen and oxygen atoms in total. The summed E-state index contributed by atoms with van der Waals surface area (Å²) < 4.78 is 5.40. The summed E-state index contributed by atoms with van der Waals surface area (Å²) in [5, 5.41) is 6.69. The second-order valence-corrected chi connectivity index (χ2v) is 6.51. The lowest BCUT2D eigenvalue weighted by molar-refractivity contribution is 0.152. The van der Waals surface area contributed by atoms with Crippen LogP contribution < -0.4 is 10.6 Å². The number of halogens is 1. The average molecular weight is 474 g/mol. The molecule has 0 saturated carbocycles. The standard InChI is InChI=1S/C20H34N4O.HI/c1-4-21-20(22-12-15-25-5-2)23-16-19(24-13-6-7-14-24)18-10-8-17(3)9-11-18;/h8-11,19H,4-7,12-16H2,1-3H3,(H2,21,22,23);1H. The first-order valence-corrected chi connectivity index (χ1v) is 9.65. The number of rotatable bonds is 9. The number of ether oxygens (including phenoxy) is 1. The number of nitrogens with zero attached hydrogens (tertiary/aromatic N) is 2. The molecule has 0 spiro atoms. The molecule has 0 radical (unpaired) electrons. The Morgan fingerprint density at radius 3 is 2.46 bits per heavy atom. The number of aliphatic imine (C=N–C) groups is 1. The van der Waals surface area contributed by atoms with Crippen LogP contribution in [0.1, 0.15) is 43.9 Å². The van der Waals surface area contributed by atoms with E-state index in [9.17, 15) is 0 Å². The zero-order valence-corrected chi connectivity index (χ0v) is 18.8. The molecule has 1 aliphatic rings. The van der Waals surface area contributed by atoms with Crippen LogP contribution in [-0.2, 0) is 4.74 Å². The molecule has 1 heterocycles. The highest BCUT2D eigenvalue weighted by Gasteiger charge is 2.23. The number of hydrogen-bond donors (Lipinski definition) is 2. The van der Waals surface area contributed by atoms with E-state index in [0.29, 0.717) is 12.6 Å². The molecule has 0 aromatic heterocycles. The number of guanidine groups is 1. The Morgan fingerprint density at radius 2 is 1.85 bits per heavy atom. The second kappa shape index (κ2) is 13.3. The van der Waals surface area contributed by atoms with Crippen LogP contribution in [0.3, 0.4) is 0 Å². The van der Waals surface area contributed by atoms with Gasteiger partial charge in [0.15, 0.2) is 5.96 Å². The molecule has 1 saturated heterocycles. The van der Waals surface area contributed by atoms with Crippen molar-refractivity contribution in [1.29, 1.82) is 0 Å². The topological polar surface area (TPSA) is 48.9 Å². The lowest BCUT2D eigenvalue weighted by Crippen LogP contribution is -2.40. The van der Waals surface area contributed by atoms with E-state index in [4.69, 9.17) is 9.73 Å². The fourth-order valence-corrected chi connectivity index (χ4v) is 3.18. The van der Waals surface area contributed by atoms with Gasteiger partial charge in [0.2, 0.25) is 0 Å². The molecule has 1 fully saturated rings. The third kappa shape index (κ3) is 7.80. The molecule has 1 aliphatic heterocycles. The van der Waals surface area contributed by atoms with Crippen LogP contribution >= 0.6 is 24.0 Å². The Labute approximate surface area is 176 Å². The van der Waals surface area contributed by atoms with Crippen molar-refractivity contribution in [1.82, 2.24) is 15.5 Å². The van der Waals surface area contributed by atoms with Crippen molar-refractivity contribution in [2.24, 2.45) is 4.99 Å². The average Bonchev–Trinajstić information content (AvgIpc) is 3.14. The molecule has 1 unspecified atom stereocenters. The Morgan fingerprint density at radius 1 is 1.15 bits per heavy atom. The van der Waals surface area contributed by atoms with E-state index in [1.54, 1.807) is 0 Å². The van der Waals surface area contributed by atoms with Gasteiger partial charge in [0, 0.05) is 19.7 Å². The van der Waals surface area contributed by atoms with Crippen LogP contribution in [0.25, 0.3) is 0 Å². The predicted octanol–water partition coefficient (Wildman–Crippen LogP) is 3.34. The van der Waals surface area contributed by atoms with Gasteiger partial charge in [0.25, 0.3) is 0 Å². The summed E-state index contributed by atoms with van der Waals surface area (Å²) >= 11 is 0. The number of hydrogen-bond acceptors (Lipinski definition) is 3. The van der Waals surface area contributed by atoms with Gasteiger partial charge in [-0.3, -0.25) is 9.89 Å². The highest BCUT2D eigenvalue weighted by atomic mass is 127. The number of aryl methyl sites for hydroxylation is 1. The van der Waals surface area contributed by atoms with Gasteiger partial charge in [0.05, 0.1) is 19.2 Å². The molecule has 0 bridgehead atoms. The van der Waals surface area contributed by atoms with Crippen molar-refractivity contribution in [2.45, 2.75) is 39.7 Å². The van der Waals surface area contributed by atoms with Crippen LogP contribution in [0.2, 0.25) is 0 Å². The van der Waals surface area contributed by atoms with Crippen molar-refractivity contribution in [3.63, 3.8) is 0 Å². The maximum Gasteiger partial charge on any atom is 0.191 e. The molecule has 148 valence electrons. The summed E-state index contributed by atoms with van der Waals surface area (Å²) in [5.41, 5.74) is 2.67. The highest BCUT2D eigenvalue weighted by Crippen LogP contribution is 2.25. The van der Waals surface area contributed by atoms with Gasteiger partial charge < -0.3 is 15.4 Å². The quantitative estimate of drug-likeness (QED) is 0.250. The summed E-state index contributed by atoms with van der Waals surface area (Å²) in [6, 6.07) is 9.26. The van der Waals surface area contributed by atoms with E-state index in [0.717, 1.165) is 32.2 Å². The molecule has 2 N–H and O–H groups in total. The Hall–Kier alpha value is -0.860. The fourth-order valence-electron chi connectivity index (χ4n) is 3.18. The summed E-state index contributed by atoms with van der Waals surface area (Å²) in [4.78, 5) is 7.42. The first-order valence-electron chi connectivity index (χ1n) is 9.65. The largest absolute Gasteiger partial charge is 0.380 e. The Bertz CT molecular complexity index is 515. The number of likely N-dealkylation sites (tertiary alicyclic amines) is 1. The molecule has 26 heavy (non-hydrogen) atoms. The van der Waals surface area contributed by atoms with Crippen LogP contribution in [0.5, 0.6) is 0 Å². The molecule has 6 heteroatoms. The lowest BCUT2D eigenvalue weighted by atomic mass is 10.0. The minimum Gasteiger partial charge on any atom is -0.380 e. The Kier molecular flexibility index (Phi) is 11.9. The van der Waals surface area contributed by atoms with Crippen molar-refractivity contribution in [3.05, 3.63) is 35.4 Å². The third-order valence-corrected chi connectivity index (χ3v) is 4.55. The summed E-state index contributed by atoms with van der Waals surface area (Å²) in [6.07, 6.45) is 2.58. The van der Waals surface area contributed by atoms with Gasteiger partial charge in [-0.1, -0.05) is 29.8 Å². The third-order valence-electron chi connectivity index (χ3n) is 4.55. The predicted molar refractivity (Wildman–Crippen MR) is 121 cm³/mol. The Balaban J connectivity index is 0.00000338. The first-order chi connectivity index (χ1) is 12.2. The molecule has 0 aliphatic carbocycles. The van der Waals surface area contributed by atoms with Crippen LogP contribution in [0.15, 0.2) is 29.3 Å². The van der Waals surface area contributed by atoms with E-state index in [-0.39, 0.29) is 24.0 Å². The molecule has 1 aromatic rings. The smallest absolute Gasteiger partial charge is 0.191 e. The molecular formula is C20H35IN4O. The van der Waals surface area contributed by atoms with Gasteiger partial charge in [-0.05, 0) is 52.3 Å². The number of nitrogens with one attached hydrogen (secondary N) is 2. The lowest BCUT2D eigenvalue weighted by Gasteiger charge is -2.27. The normalized spacial score (nSPS) is 16.2. The van der Waals surface area contributed by atoms with Crippen molar-refractivity contribution in [3.8, 4) is 0 Å². The van der Waals surface area contributed by atoms with Gasteiger partial charge in [-0.2, -0.15) is 0 Å². The van der Waals surface area contributed by atoms with Gasteiger partial charge in [-0.15, -0.1) is 24.0 Å². The minimum absolute atomic E-state index is 0. The monoisotopic (exact) mass is 474 g/mol. The summed E-state index contributed by atoms with van der Waals surface area (Å²) in [7, 11) is 0. The molecule has 2 rings (SSSR count). The van der Waals surface area contributed by atoms with Crippen LogP contribution in [0, 0.1) is 6.92 Å². The summed E-state index contributed by atoms with van der Waals surface area (Å²) in [5.74, 6) is 0.874. The zero-order valence-electron chi connectivity index (χ0n) is 16.5. The maximum absolute atomic E-state index is 5.40. The van der Waals surface area contributed by atoms with E-state index in [1.807, 2.05) is 6.92 Å². The van der Waals surface area contributed by atoms with Gasteiger partial charge in [-0.25, -0.2) is 0 Å². The highest BCUT2D eigenvalue weighted by molar-refractivity contribution is 14.0. The fraction of sp³-hybridized carbons (Fsp3) is 0.650. The van der Waals surface area contributed by atoms with E-state index < -0.39 is 0 Å². The summed E-state index contributed by atoms with van der Waals surface area (Å²) in [6.45, 7) is 12.4. The van der Waals surface area contributed by atoms with Crippen LogP contribution in [0.4, 0.5) is 0 Å². The van der Waals surface area contributed by atoms with E-state index >= 15 is 0 Å². The van der Waals surface area contributed by atoms with E-state index in [1.165, 1.54) is 37.1 Å². The van der Waals surface area contributed by atoms with E-state index in [2.05, 4.69) is 53.6 Å². The number of benzene rings is 1. The molecule has 1 atom stereocenters. The molecule has 1 aromatic carbocycles. The molecular weight excluding hydrogens is 439 g/mol.